The molecule has 0 aromatic heterocycles. The summed E-state index contributed by atoms with van der Waals surface area (Å²) in [4.78, 5) is -0.142. The first-order valence-electron chi connectivity index (χ1n) is 5.83. The number of rotatable bonds is 3. The lowest BCUT2D eigenvalue weighted by atomic mass is 10.2. The molecule has 0 aliphatic rings. The zero-order valence-corrected chi connectivity index (χ0v) is 11.7. The third-order valence-electron chi connectivity index (χ3n) is 2.80. The van der Waals surface area contributed by atoms with Crippen LogP contribution in [0.15, 0.2) is 41.3 Å². The summed E-state index contributed by atoms with van der Waals surface area (Å²) in [5.74, 6) is -1.39. The molecule has 0 aliphatic carbocycles. The molecule has 1 N–H and O–H groups in total. The topological polar surface area (TPSA) is 70.0 Å². The Morgan fingerprint density at radius 1 is 1.19 bits per heavy atom. The van der Waals surface area contributed by atoms with E-state index in [1.54, 1.807) is 6.07 Å². The van der Waals surface area contributed by atoms with Gasteiger partial charge >= 0.3 is 0 Å². The maximum absolute atomic E-state index is 13.5. The molecule has 2 rings (SSSR count). The summed E-state index contributed by atoms with van der Waals surface area (Å²) in [6.07, 6.45) is 0. The molecular formula is C14H10F2N2O2S. The maximum atomic E-state index is 13.5. The molecule has 0 aliphatic heterocycles. The number of nitrogens with zero attached hydrogens (tertiary/aromatic N) is 1. The Morgan fingerprint density at radius 3 is 2.52 bits per heavy atom. The minimum Gasteiger partial charge on any atom is -0.278 e. The summed E-state index contributed by atoms with van der Waals surface area (Å²) in [6, 6.07) is 8.41. The van der Waals surface area contributed by atoms with E-state index in [0.29, 0.717) is 0 Å². The summed E-state index contributed by atoms with van der Waals surface area (Å²) in [5.41, 5.74) is -0.362. The van der Waals surface area contributed by atoms with E-state index in [1.165, 1.54) is 19.1 Å². The third-order valence-corrected chi connectivity index (χ3v) is 4.32. The second kappa shape index (κ2) is 5.50. The van der Waals surface area contributed by atoms with Crippen LogP contribution < -0.4 is 4.72 Å². The van der Waals surface area contributed by atoms with Gasteiger partial charge in [0.05, 0.1) is 10.6 Å². The number of benzene rings is 2. The molecule has 2 aromatic carbocycles. The Bertz CT molecular complexity index is 843. The van der Waals surface area contributed by atoms with E-state index in [1.807, 2.05) is 0 Å². The fourth-order valence-corrected chi connectivity index (χ4v) is 3.14. The van der Waals surface area contributed by atoms with Crippen molar-refractivity contribution in [3.63, 3.8) is 0 Å². The molecule has 4 nitrogen and oxygen atoms in total. The predicted molar refractivity (Wildman–Crippen MR) is 73.1 cm³/mol. The molecule has 0 heterocycles. The monoisotopic (exact) mass is 308 g/mol. The smallest absolute Gasteiger partial charge is 0.262 e. The summed E-state index contributed by atoms with van der Waals surface area (Å²) in [5, 5.41) is 8.88. The molecule has 0 saturated carbocycles. The lowest BCUT2D eigenvalue weighted by Gasteiger charge is -2.11. The molecular weight excluding hydrogens is 298 g/mol. The first-order valence-corrected chi connectivity index (χ1v) is 7.31. The van der Waals surface area contributed by atoms with Crippen LogP contribution in [0.25, 0.3) is 0 Å². The van der Waals surface area contributed by atoms with Crippen LogP contribution in [-0.2, 0) is 10.0 Å². The molecule has 2 aromatic rings. The predicted octanol–water partition coefficient (Wildman–Crippen LogP) is 2.95. The normalized spacial score (nSPS) is 11.0. The zero-order valence-electron chi connectivity index (χ0n) is 10.9. The van der Waals surface area contributed by atoms with Crippen molar-refractivity contribution in [1.29, 1.82) is 5.26 Å². The molecule has 0 atom stereocenters. The largest absolute Gasteiger partial charge is 0.278 e. The fraction of sp³-hybridized carbons (Fsp3) is 0.0714. The van der Waals surface area contributed by atoms with Crippen molar-refractivity contribution in [3.05, 3.63) is 59.2 Å². The van der Waals surface area contributed by atoms with Gasteiger partial charge in [0.1, 0.15) is 23.3 Å². The van der Waals surface area contributed by atoms with Gasteiger partial charge in [-0.05, 0) is 42.8 Å². The lowest BCUT2D eigenvalue weighted by Crippen LogP contribution is -2.15. The van der Waals surface area contributed by atoms with Crippen LogP contribution in [0.3, 0.4) is 0 Å². The van der Waals surface area contributed by atoms with Gasteiger partial charge in [-0.2, -0.15) is 5.26 Å². The number of sulfonamides is 1. The highest BCUT2D eigenvalue weighted by atomic mass is 32.2. The summed E-state index contributed by atoms with van der Waals surface area (Å²) < 4.78 is 53.1. The van der Waals surface area contributed by atoms with Gasteiger partial charge in [-0.3, -0.25) is 4.72 Å². The van der Waals surface area contributed by atoms with Gasteiger partial charge in [-0.15, -0.1) is 0 Å². The minimum absolute atomic E-state index is 0.142. The van der Waals surface area contributed by atoms with Crippen LogP contribution in [0.1, 0.15) is 11.1 Å². The summed E-state index contributed by atoms with van der Waals surface area (Å²) in [6.45, 7) is 1.44. The Hall–Kier alpha value is -2.46. The van der Waals surface area contributed by atoms with Crippen LogP contribution >= 0.6 is 0 Å². The van der Waals surface area contributed by atoms with Gasteiger partial charge in [0.15, 0.2) is 0 Å². The van der Waals surface area contributed by atoms with E-state index in [9.17, 15) is 17.2 Å². The summed E-state index contributed by atoms with van der Waals surface area (Å²) >= 11 is 0. The van der Waals surface area contributed by atoms with Crippen molar-refractivity contribution in [1.82, 2.24) is 0 Å². The number of halogens is 2. The molecule has 108 valence electrons. The minimum atomic E-state index is -4.04. The fourth-order valence-electron chi connectivity index (χ4n) is 1.84. The Labute approximate surface area is 120 Å². The first-order chi connectivity index (χ1) is 9.85. The second-order valence-electron chi connectivity index (χ2n) is 4.29. The highest BCUT2D eigenvalue weighted by Gasteiger charge is 2.19. The number of hydrogen-bond acceptors (Lipinski definition) is 3. The van der Waals surface area contributed by atoms with Crippen LogP contribution in [0.4, 0.5) is 14.5 Å². The van der Waals surface area contributed by atoms with E-state index in [0.717, 1.165) is 24.3 Å². The van der Waals surface area contributed by atoms with Crippen molar-refractivity contribution in [2.45, 2.75) is 11.8 Å². The van der Waals surface area contributed by atoms with Gasteiger partial charge in [-0.25, -0.2) is 17.2 Å². The average Bonchev–Trinajstić information content (AvgIpc) is 2.38. The molecule has 0 saturated heterocycles. The van der Waals surface area contributed by atoms with Crippen LogP contribution in [-0.4, -0.2) is 8.42 Å². The van der Waals surface area contributed by atoms with E-state index in [-0.39, 0.29) is 16.1 Å². The molecule has 0 unspecified atom stereocenters. The van der Waals surface area contributed by atoms with Gasteiger partial charge in [0.25, 0.3) is 10.0 Å². The second-order valence-corrected chi connectivity index (χ2v) is 5.94. The van der Waals surface area contributed by atoms with Crippen LogP contribution in [0.2, 0.25) is 0 Å². The Kier molecular flexibility index (Phi) is 3.91. The van der Waals surface area contributed by atoms with Crippen molar-refractivity contribution in [3.8, 4) is 6.07 Å². The maximum Gasteiger partial charge on any atom is 0.262 e. The molecule has 21 heavy (non-hydrogen) atoms. The van der Waals surface area contributed by atoms with Crippen molar-refractivity contribution >= 4 is 15.7 Å². The lowest BCUT2D eigenvalue weighted by molar-refractivity contribution is 0.598. The van der Waals surface area contributed by atoms with Crippen LogP contribution in [0, 0.1) is 29.9 Å². The average molecular weight is 308 g/mol. The van der Waals surface area contributed by atoms with Gasteiger partial charge in [-0.1, -0.05) is 6.07 Å². The van der Waals surface area contributed by atoms with Crippen molar-refractivity contribution < 1.29 is 17.2 Å². The molecule has 0 bridgehead atoms. The third kappa shape index (κ3) is 3.01. The molecule has 0 spiro atoms. The molecule has 0 fully saturated rings. The van der Waals surface area contributed by atoms with E-state index < -0.39 is 27.2 Å². The standard InChI is InChI=1S/C14H10F2N2O2S/c1-9-7-10(15)5-6-14(9)21(19,20)18-13-4-2-3-12(16)11(13)8-17/h2-7,18H,1H3. The quantitative estimate of drug-likeness (QED) is 0.947. The molecule has 0 radical (unpaired) electrons. The van der Waals surface area contributed by atoms with E-state index >= 15 is 0 Å². The number of aryl methyl sites for hydroxylation is 1. The van der Waals surface area contributed by atoms with Gasteiger partial charge < -0.3 is 0 Å². The number of hydrogen-bond donors (Lipinski definition) is 1. The zero-order chi connectivity index (χ0) is 15.6. The Balaban J connectivity index is 2.48. The number of nitriles is 1. The molecule has 7 heteroatoms. The van der Waals surface area contributed by atoms with Crippen LogP contribution in [0.5, 0.6) is 0 Å². The van der Waals surface area contributed by atoms with Crippen molar-refractivity contribution in [2.24, 2.45) is 0 Å². The van der Waals surface area contributed by atoms with Gasteiger partial charge in [0.2, 0.25) is 0 Å². The van der Waals surface area contributed by atoms with Gasteiger partial charge in [0, 0.05) is 0 Å². The number of nitrogens with one attached hydrogen (secondary N) is 1. The molecule has 0 amide bonds. The SMILES string of the molecule is Cc1cc(F)ccc1S(=O)(=O)Nc1cccc(F)c1C#N. The summed E-state index contributed by atoms with van der Waals surface area (Å²) in [7, 11) is -4.04. The number of anilines is 1. The first kappa shape index (κ1) is 14.9. The van der Waals surface area contributed by atoms with E-state index in [2.05, 4.69) is 4.72 Å². The highest BCUT2D eigenvalue weighted by Crippen LogP contribution is 2.23. The Morgan fingerprint density at radius 2 is 1.90 bits per heavy atom. The van der Waals surface area contributed by atoms with Crippen molar-refractivity contribution in [2.75, 3.05) is 4.72 Å². The van der Waals surface area contributed by atoms with E-state index in [4.69, 9.17) is 5.26 Å². The highest BCUT2D eigenvalue weighted by molar-refractivity contribution is 7.92.